The summed E-state index contributed by atoms with van der Waals surface area (Å²) < 4.78 is 1.48. The van der Waals surface area contributed by atoms with Gasteiger partial charge in [0.2, 0.25) is 0 Å². The monoisotopic (exact) mass is 271 g/mol. The van der Waals surface area contributed by atoms with Gasteiger partial charge >= 0.3 is 5.69 Å². The van der Waals surface area contributed by atoms with Gasteiger partial charge < -0.3 is 0 Å². The zero-order chi connectivity index (χ0) is 14.7. The van der Waals surface area contributed by atoms with Gasteiger partial charge in [-0.3, -0.25) is 10.1 Å². The van der Waals surface area contributed by atoms with Crippen molar-refractivity contribution in [3.8, 4) is 11.9 Å². The Morgan fingerprint density at radius 1 is 1.40 bits per heavy atom. The number of nitriles is 1. The summed E-state index contributed by atoms with van der Waals surface area (Å²) in [6.45, 7) is 3.66. The van der Waals surface area contributed by atoms with E-state index in [0.29, 0.717) is 35.6 Å². The predicted molar refractivity (Wildman–Crippen MR) is 71.5 cm³/mol. The van der Waals surface area contributed by atoms with Crippen molar-refractivity contribution in [2.75, 3.05) is 0 Å². The van der Waals surface area contributed by atoms with Crippen LogP contribution in [-0.4, -0.2) is 19.7 Å². The van der Waals surface area contributed by atoms with Gasteiger partial charge in [-0.2, -0.15) is 10.4 Å². The summed E-state index contributed by atoms with van der Waals surface area (Å²) in [5, 5.41) is 24.2. The molecule has 0 bridgehead atoms. The highest BCUT2D eigenvalue weighted by molar-refractivity contribution is 5.45. The summed E-state index contributed by atoms with van der Waals surface area (Å²) in [5.74, 6) is 0.476. The third-order valence-corrected chi connectivity index (χ3v) is 2.97. The van der Waals surface area contributed by atoms with Crippen LogP contribution in [0.5, 0.6) is 0 Å². The fraction of sp³-hybridized carbons (Fsp3) is 0.308. The van der Waals surface area contributed by atoms with Crippen molar-refractivity contribution in [1.29, 1.82) is 5.26 Å². The van der Waals surface area contributed by atoms with E-state index in [9.17, 15) is 10.1 Å². The molecule has 0 fully saturated rings. The van der Waals surface area contributed by atoms with Crippen LogP contribution in [0.3, 0.4) is 0 Å². The van der Waals surface area contributed by atoms with Crippen molar-refractivity contribution in [3.63, 3.8) is 0 Å². The molecule has 0 spiro atoms. The predicted octanol–water partition coefficient (Wildman–Crippen LogP) is 2.17. The van der Waals surface area contributed by atoms with Gasteiger partial charge in [0.25, 0.3) is 0 Å². The zero-order valence-electron chi connectivity index (χ0n) is 11.2. The zero-order valence-corrected chi connectivity index (χ0v) is 11.2. The summed E-state index contributed by atoms with van der Waals surface area (Å²) >= 11 is 0. The van der Waals surface area contributed by atoms with Crippen LogP contribution >= 0.6 is 0 Å². The van der Waals surface area contributed by atoms with Crippen molar-refractivity contribution in [2.45, 2.75) is 26.7 Å². The van der Waals surface area contributed by atoms with Crippen LogP contribution in [0.1, 0.15) is 30.8 Å². The Morgan fingerprint density at radius 2 is 2.15 bits per heavy atom. The maximum absolute atomic E-state index is 11.2. The molecule has 0 unspecified atom stereocenters. The third kappa shape index (κ3) is 2.23. The standard InChI is InChI=1S/C13H13N5O2/c1-3-10-13(18(19)20)11(4-2)17(16-10)12-6-5-9(7-14)8-15-12/h5-6,8H,3-4H2,1-2H3. The van der Waals surface area contributed by atoms with Crippen LogP contribution in [0, 0.1) is 21.4 Å². The average molecular weight is 271 g/mol. The molecule has 0 radical (unpaired) electrons. The Labute approximate surface area is 115 Å². The number of hydrogen-bond acceptors (Lipinski definition) is 5. The van der Waals surface area contributed by atoms with Gasteiger partial charge in [-0.25, -0.2) is 9.67 Å². The fourth-order valence-corrected chi connectivity index (χ4v) is 2.03. The lowest BCUT2D eigenvalue weighted by Gasteiger charge is -2.03. The summed E-state index contributed by atoms with van der Waals surface area (Å²) in [6, 6.07) is 5.22. The molecule has 0 atom stereocenters. The Kier molecular flexibility index (Phi) is 3.75. The molecule has 2 aromatic rings. The lowest BCUT2D eigenvalue weighted by Crippen LogP contribution is -2.04. The van der Waals surface area contributed by atoms with E-state index in [1.54, 1.807) is 12.1 Å². The van der Waals surface area contributed by atoms with Crippen molar-refractivity contribution in [1.82, 2.24) is 14.8 Å². The topological polar surface area (TPSA) is 97.6 Å². The first-order chi connectivity index (χ1) is 9.62. The fourth-order valence-electron chi connectivity index (χ4n) is 2.03. The molecular weight excluding hydrogens is 258 g/mol. The Bertz CT molecular complexity index is 682. The van der Waals surface area contributed by atoms with Crippen molar-refractivity contribution in [2.24, 2.45) is 0 Å². The van der Waals surface area contributed by atoms with Crippen LogP contribution in [-0.2, 0) is 12.8 Å². The van der Waals surface area contributed by atoms with Gasteiger partial charge in [-0.05, 0) is 25.0 Å². The largest absolute Gasteiger partial charge is 0.313 e. The number of aromatic nitrogens is 3. The minimum absolute atomic E-state index is 0.0566. The van der Waals surface area contributed by atoms with Gasteiger partial charge in [0, 0.05) is 6.20 Å². The maximum atomic E-state index is 11.2. The molecule has 7 nitrogen and oxygen atoms in total. The second-order valence-corrected chi connectivity index (χ2v) is 4.13. The minimum Gasteiger partial charge on any atom is -0.258 e. The van der Waals surface area contributed by atoms with Crippen LogP contribution in [0.25, 0.3) is 5.82 Å². The van der Waals surface area contributed by atoms with E-state index in [4.69, 9.17) is 5.26 Å². The molecule has 0 saturated carbocycles. The second kappa shape index (κ2) is 5.48. The summed E-state index contributed by atoms with van der Waals surface area (Å²) in [7, 11) is 0. The van der Waals surface area contributed by atoms with E-state index < -0.39 is 4.92 Å². The lowest BCUT2D eigenvalue weighted by atomic mass is 10.2. The quantitative estimate of drug-likeness (QED) is 0.627. The molecule has 0 amide bonds. The van der Waals surface area contributed by atoms with E-state index in [-0.39, 0.29) is 5.69 Å². The molecular formula is C13H13N5O2. The smallest absolute Gasteiger partial charge is 0.258 e. The maximum Gasteiger partial charge on any atom is 0.313 e. The molecule has 0 N–H and O–H groups in total. The third-order valence-electron chi connectivity index (χ3n) is 2.97. The van der Waals surface area contributed by atoms with Gasteiger partial charge in [0.05, 0.1) is 10.5 Å². The summed E-state index contributed by atoms with van der Waals surface area (Å²) in [6.07, 6.45) is 2.38. The first-order valence-electron chi connectivity index (χ1n) is 6.24. The van der Waals surface area contributed by atoms with Crippen molar-refractivity contribution < 1.29 is 4.92 Å². The lowest BCUT2D eigenvalue weighted by molar-refractivity contribution is -0.386. The first kappa shape index (κ1) is 13.7. The Hall–Kier alpha value is -2.75. The average Bonchev–Trinajstić information content (AvgIpc) is 2.86. The Balaban J connectivity index is 2.61. The first-order valence-corrected chi connectivity index (χ1v) is 6.24. The number of aryl methyl sites for hydroxylation is 1. The molecule has 0 saturated heterocycles. The summed E-state index contributed by atoms with van der Waals surface area (Å²) in [4.78, 5) is 14.9. The molecule has 0 aliphatic rings. The van der Waals surface area contributed by atoms with Gasteiger partial charge in [-0.1, -0.05) is 13.8 Å². The van der Waals surface area contributed by atoms with Crippen LogP contribution < -0.4 is 0 Å². The SMILES string of the molecule is CCc1nn(-c2ccc(C#N)cn2)c(CC)c1[N+](=O)[O-]. The van der Waals surface area contributed by atoms with Gasteiger partial charge in [-0.15, -0.1) is 0 Å². The highest BCUT2D eigenvalue weighted by Crippen LogP contribution is 2.26. The Morgan fingerprint density at radius 3 is 2.60 bits per heavy atom. The van der Waals surface area contributed by atoms with Crippen LogP contribution in [0.15, 0.2) is 18.3 Å². The minimum atomic E-state index is -0.398. The molecule has 0 aromatic carbocycles. The van der Waals surface area contributed by atoms with Gasteiger partial charge in [0.15, 0.2) is 5.82 Å². The number of pyridine rings is 1. The van der Waals surface area contributed by atoms with E-state index in [1.165, 1.54) is 10.9 Å². The molecule has 102 valence electrons. The number of hydrogen-bond donors (Lipinski definition) is 0. The molecule has 2 heterocycles. The second-order valence-electron chi connectivity index (χ2n) is 4.13. The number of rotatable bonds is 4. The van der Waals surface area contributed by atoms with Gasteiger partial charge in [0.1, 0.15) is 17.5 Å². The number of nitrogens with zero attached hydrogens (tertiary/aromatic N) is 5. The molecule has 7 heteroatoms. The van der Waals surface area contributed by atoms with E-state index in [1.807, 2.05) is 19.9 Å². The molecule has 2 aromatic heterocycles. The normalized spacial score (nSPS) is 10.2. The highest BCUT2D eigenvalue weighted by Gasteiger charge is 2.26. The van der Waals surface area contributed by atoms with E-state index in [2.05, 4.69) is 10.1 Å². The highest BCUT2D eigenvalue weighted by atomic mass is 16.6. The molecule has 0 aliphatic carbocycles. The van der Waals surface area contributed by atoms with Crippen LogP contribution in [0.4, 0.5) is 5.69 Å². The van der Waals surface area contributed by atoms with Crippen molar-refractivity contribution >= 4 is 5.69 Å². The van der Waals surface area contributed by atoms with E-state index >= 15 is 0 Å². The summed E-state index contributed by atoms with van der Waals surface area (Å²) in [5.41, 5.74) is 1.45. The van der Waals surface area contributed by atoms with Crippen LogP contribution in [0.2, 0.25) is 0 Å². The van der Waals surface area contributed by atoms with Crippen molar-refractivity contribution in [3.05, 3.63) is 45.4 Å². The number of nitro groups is 1. The molecule has 0 aliphatic heterocycles. The van der Waals surface area contributed by atoms with E-state index in [0.717, 1.165) is 0 Å². The molecule has 2 rings (SSSR count). The molecule has 20 heavy (non-hydrogen) atoms.